The zero-order valence-electron chi connectivity index (χ0n) is 9.43. The molecule has 2 N–H and O–H groups in total. The Labute approximate surface area is 92.6 Å². The number of ether oxygens (including phenoxy) is 1. The van der Waals surface area contributed by atoms with Crippen LogP contribution in [0.25, 0.3) is 0 Å². The largest absolute Gasteiger partial charge is 0.372 e. The van der Waals surface area contributed by atoms with Gasteiger partial charge < -0.3 is 15.4 Å². The van der Waals surface area contributed by atoms with Gasteiger partial charge in [0.1, 0.15) is 0 Å². The Kier molecular flexibility index (Phi) is 5.61. The van der Waals surface area contributed by atoms with Gasteiger partial charge in [-0.15, -0.1) is 13.2 Å². The lowest BCUT2D eigenvalue weighted by atomic mass is 10.00. The maximum atomic E-state index is 5.84. The van der Waals surface area contributed by atoms with E-state index in [0.717, 1.165) is 45.6 Å². The van der Waals surface area contributed by atoms with Crippen LogP contribution in [0.3, 0.4) is 0 Å². The van der Waals surface area contributed by atoms with Gasteiger partial charge in [0, 0.05) is 32.8 Å². The molecular formula is C12H22N2O. The molecular weight excluding hydrogens is 188 g/mol. The van der Waals surface area contributed by atoms with Crippen LogP contribution in [-0.4, -0.2) is 38.4 Å². The molecule has 0 spiro atoms. The van der Waals surface area contributed by atoms with Gasteiger partial charge in [-0.05, 0) is 12.8 Å². The fraction of sp³-hybridized carbons (Fsp3) is 0.667. The first-order valence-corrected chi connectivity index (χ1v) is 5.60. The van der Waals surface area contributed by atoms with Crippen LogP contribution in [-0.2, 0) is 4.74 Å². The molecule has 0 atom stereocenters. The van der Waals surface area contributed by atoms with E-state index in [2.05, 4.69) is 23.8 Å². The standard InChI is InChI=1S/C12H22N2O/c1-3-7-13-10-12(6-5-9-15-12)11-14-8-4-2/h3-4,13-14H,1-2,5-11H2. The van der Waals surface area contributed by atoms with E-state index in [1.54, 1.807) is 0 Å². The average molecular weight is 210 g/mol. The van der Waals surface area contributed by atoms with Crippen molar-refractivity contribution in [3.63, 3.8) is 0 Å². The van der Waals surface area contributed by atoms with Gasteiger partial charge in [0.05, 0.1) is 5.60 Å². The van der Waals surface area contributed by atoms with E-state index in [1.807, 2.05) is 12.2 Å². The third kappa shape index (κ3) is 4.16. The van der Waals surface area contributed by atoms with Gasteiger partial charge >= 0.3 is 0 Å². The lowest BCUT2D eigenvalue weighted by Gasteiger charge is -2.28. The molecule has 0 radical (unpaired) electrons. The van der Waals surface area contributed by atoms with E-state index < -0.39 is 0 Å². The van der Waals surface area contributed by atoms with E-state index in [1.165, 1.54) is 0 Å². The summed E-state index contributed by atoms with van der Waals surface area (Å²) >= 11 is 0. The molecule has 1 saturated heterocycles. The highest BCUT2D eigenvalue weighted by Gasteiger charge is 2.33. The van der Waals surface area contributed by atoms with E-state index in [4.69, 9.17) is 4.74 Å². The lowest BCUT2D eigenvalue weighted by molar-refractivity contribution is 0.00710. The van der Waals surface area contributed by atoms with E-state index in [9.17, 15) is 0 Å². The molecule has 0 amide bonds. The van der Waals surface area contributed by atoms with Crippen LogP contribution in [0.4, 0.5) is 0 Å². The van der Waals surface area contributed by atoms with E-state index in [0.29, 0.717) is 0 Å². The van der Waals surface area contributed by atoms with Gasteiger partial charge in [0.25, 0.3) is 0 Å². The average Bonchev–Trinajstić information content (AvgIpc) is 2.68. The summed E-state index contributed by atoms with van der Waals surface area (Å²) in [6.07, 6.45) is 6.03. The summed E-state index contributed by atoms with van der Waals surface area (Å²) < 4.78 is 5.84. The van der Waals surface area contributed by atoms with Crippen LogP contribution in [0, 0.1) is 0 Å². The van der Waals surface area contributed by atoms with Crippen LogP contribution in [0.5, 0.6) is 0 Å². The monoisotopic (exact) mass is 210 g/mol. The minimum absolute atomic E-state index is 0.0218. The molecule has 0 aromatic heterocycles. The quantitative estimate of drug-likeness (QED) is 0.465. The molecule has 15 heavy (non-hydrogen) atoms. The van der Waals surface area contributed by atoms with Crippen molar-refractivity contribution in [2.24, 2.45) is 0 Å². The zero-order valence-corrected chi connectivity index (χ0v) is 9.43. The summed E-state index contributed by atoms with van der Waals surface area (Å²) in [4.78, 5) is 0. The number of hydrogen-bond acceptors (Lipinski definition) is 3. The first-order chi connectivity index (χ1) is 7.33. The van der Waals surface area contributed by atoms with Crippen molar-refractivity contribution in [1.29, 1.82) is 0 Å². The molecule has 86 valence electrons. The summed E-state index contributed by atoms with van der Waals surface area (Å²) in [7, 11) is 0. The highest BCUT2D eigenvalue weighted by molar-refractivity contribution is 4.91. The van der Waals surface area contributed by atoms with Crippen molar-refractivity contribution in [2.45, 2.75) is 18.4 Å². The maximum absolute atomic E-state index is 5.84. The number of hydrogen-bond donors (Lipinski definition) is 2. The van der Waals surface area contributed by atoms with Gasteiger partial charge in [0.15, 0.2) is 0 Å². The Morgan fingerprint density at radius 2 is 1.73 bits per heavy atom. The van der Waals surface area contributed by atoms with E-state index in [-0.39, 0.29) is 5.60 Å². The second kappa shape index (κ2) is 6.77. The normalized spacial score (nSPS) is 18.9. The second-order valence-electron chi connectivity index (χ2n) is 3.97. The predicted molar refractivity (Wildman–Crippen MR) is 64.1 cm³/mol. The molecule has 0 aliphatic carbocycles. The Balaban J connectivity index is 2.31. The van der Waals surface area contributed by atoms with Crippen LogP contribution in [0.2, 0.25) is 0 Å². The first-order valence-electron chi connectivity index (χ1n) is 5.60. The molecule has 1 heterocycles. The first kappa shape index (κ1) is 12.4. The summed E-state index contributed by atoms with van der Waals surface area (Å²) in [5.41, 5.74) is -0.0218. The summed E-state index contributed by atoms with van der Waals surface area (Å²) in [6, 6.07) is 0. The minimum Gasteiger partial charge on any atom is -0.372 e. The lowest BCUT2D eigenvalue weighted by Crippen LogP contribution is -2.48. The van der Waals surface area contributed by atoms with Crippen molar-refractivity contribution in [1.82, 2.24) is 10.6 Å². The van der Waals surface area contributed by atoms with Crippen molar-refractivity contribution >= 4 is 0 Å². The third-order valence-electron chi connectivity index (χ3n) is 2.66. The SMILES string of the molecule is C=CCNCC1(CNCC=C)CCCO1. The summed E-state index contributed by atoms with van der Waals surface area (Å²) in [5.74, 6) is 0. The van der Waals surface area contributed by atoms with Gasteiger partial charge in [-0.1, -0.05) is 12.2 Å². The number of nitrogens with one attached hydrogen (secondary N) is 2. The molecule has 0 unspecified atom stereocenters. The Hall–Kier alpha value is -0.640. The number of rotatable bonds is 8. The zero-order chi connectivity index (χ0) is 11.0. The molecule has 1 aliphatic rings. The molecule has 1 fully saturated rings. The van der Waals surface area contributed by atoms with Crippen molar-refractivity contribution in [3.8, 4) is 0 Å². The fourth-order valence-electron chi connectivity index (χ4n) is 1.90. The van der Waals surface area contributed by atoms with Gasteiger partial charge in [-0.25, -0.2) is 0 Å². The molecule has 1 rings (SSSR count). The molecule has 0 aromatic rings. The van der Waals surface area contributed by atoms with Crippen molar-refractivity contribution in [3.05, 3.63) is 25.3 Å². The van der Waals surface area contributed by atoms with Crippen molar-refractivity contribution in [2.75, 3.05) is 32.8 Å². The fourth-order valence-corrected chi connectivity index (χ4v) is 1.90. The summed E-state index contributed by atoms with van der Waals surface area (Å²) in [5, 5.41) is 6.67. The van der Waals surface area contributed by atoms with E-state index >= 15 is 0 Å². The topological polar surface area (TPSA) is 33.3 Å². The highest BCUT2D eigenvalue weighted by Crippen LogP contribution is 2.24. The minimum atomic E-state index is -0.0218. The Morgan fingerprint density at radius 1 is 1.13 bits per heavy atom. The summed E-state index contributed by atoms with van der Waals surface area (Å²) in [6.45, 7) is 11.7. The molecule has 3 heteroatoms. The van der Waals surface area contributed by atoms with Crippen LogP contribution < -0.4 is 10.6 Å². The Bertz CT molecular complexity index is 182. The predicted octanol–water partition coefficient (Wildman–Crippen LogP) is 1.09. The van der Waals surface area contributed by atoms with Gasteiger partial charge in [-0.2, -0.15) is 0 Å². The highest BCUT2D eigenvalue weighted by atomic mass is 16.5. The molecule has 0 aromatic carbocycles. The van der Waals surface area contributed by atoms with Crippen LogP contribution >= 0.6 is 0 Å². The molecule has 3 nitrogen and oxygen atoms in total. The molecule has 0 saturated carbocycles. The van der Waals surface area contributed by atoms with Crippen molar-refractivity contribution < 1.29 is 4.74 Å². The second-order valence-corrected chi connectivity index (χ2v) is 3.97. The third-order valence-corrected chi connectivity index (χ3v) is 2.66. The molecule has 1 aliphatic heterocycles. The maximum Gasteiger partial charge on any atom is 0.0930 e. The smallest absolute Gasteiger partial charge is 0.0930 e. The van der Waals surface area contributed by atoms with Gasteiger partial charge in [-0.3, -0.25) is 0 Å². The Morgan fingerprint density at radius 3 is 2.13 bits per heavy atom. The molecule has 0 bridgehead atoms. The van der Waals surface area contributed by atoms with Crippen LogP contribution in [0.1, 0.15) is 12.8 Å². The van der Waals surface area contributed by atoms with Gasteiger partial charge in [0.2, 0.25) is 0 Å². The van der Waals surface area contributed by atoms with Crippen LogP contribution in [0.15, 0.2) is 25.3 Å².